The number of thiocarbonyl (C=S) groups is 1. The number of carbonyl (C=O) groups excluding carboxylic acids is 2. The molecule has 2 heterocycles. The van der Waals surface area contributed by atoms with E-state index in [1.54, 1.807) is 59.5 Å². The van der Waals surface area contributed by atoms with Crippen LogP contribution in [-0.2, 0) is 9.53 Å². The number of nitrogens with zero attached hydrogens (tertiary/aromatic N) is 1. The molecule has 0 aliphatic carbocycles. The molecule has 0 bridgehead atoms. The number of thioether (sulfide) groups is 1. The van der Waals surface area contributed by atoms with Gasteiger partial charge < -0.3 is 9.47 Å². The number of esters is 1. The Balaban J connectivity index is 1.40. The van der Waals surface area contributed by atoms with Crippen molar-refractivity contribution in [1.29, 1.82) is 0 Å². The highest BCUT2D eigenvalue weighted by Gasteiger charge is 2.34. The van der Waals surface area contributed by atoms with E-state index in [9.17, 15) is 9.59 Å². The zero-order valence-electron chi connectivity index (χ0n) is 15.9. The van der Waals surface area contributed by atoms with Gasteiger partial charge in [0.15, 0.2) is 0 Å². The molecule has 4 rings (SSSR count). The predicted molar refractivity (Wildman–Crippen MR) is 122 cm³/mol. The maximum absolute atomic E-state index is 12.7. The molecule has 8 heteroatoms. The normalized spacial score (nSPS) is 20.2. The van der Waals surface area contributed by atoms with Gasteiger partial charge in [-0.25, -0.2) is 4.79 Å². The maximum atomic E-state index is 12.7. The number of hydrogen-bond acceptors (Lipinski definition) is 6. The van der Waals surface area contributed by atoms with E-state index in [0.717, 1.165) is 25.0 Å². The fraction of sp³-hybridized carbons (Fsp3) is 0.227. The molecule has 2 aliphatic heterocycles. The van der Waals surface area contributed by atoms with E-state index >= 15 is 0 Å². The van der Waals surface area contributed by atoms with Crippen LogP contribution in [0.25, 0.3) is 6.08 Å². The molecule has 2 saturated heterocycles. The van der Waals surface area contributed by atoms with Gasteiger partial charge in [0.05, 0.1) is 23.1 Å². The molecule has 0 radical (unpaired) electrons. The summed E-state index contributed by atoms with van der Waals surface area (Å²) in [5, 5.41) is 0.553. The van der Waals surface area contributed by atoms with Crippen LogP contribution in [0.3, 0.4) is 0 Å². The van der Waals surface area contributed by atoms with E-state index in [4.69, 9.17) is 33.3 Å². The Kier molecular flexibility index (Phi) is 6.53. The van der Waals surface area contributed by atoms with E-state index in [0.29, 0.717) is 32.1 Å². The minimum Gasteiger partial charge on any atom is -0.423 e. The number of amides is 1. The summed E-state index contributed by atoms with van der Waals surface area (Å²) in [6.07, 6.45) is 3.82. The summed E-state index contributed by atoms with van der Waals surface area (Å²) in [7, 11) is 0. The van der Waals surface area contributed by atoms with Gasteiger partial charge in [0, 0.05) is 11.6 Å². The van der Waals surface area contributed by atoms with Crippen LogP contribution in [0.2, 0.25) is 5.02 Å². The summed E-state index contributed by atoms with van der Waals surface area (Å²) >= 11 is 12.5. The third-order valence-electron chi connectivity index (χ3n) is 4.75. The van der Waals surface area contributed by atoms with Crippen molar-refractivity contribution in [2.75, 3.05) is 13.2 Å². The molecule has 1 atom stereocenters. The second kappa shape index (κ2) is 9.31. The predicted octanol–water partition coefficient (Wildman–Crippen LogP) is 4.94. The highest BCUT2D eigenvalue weighted by molar-refractivity contribution is 8.26. The van der Waals surface area contributed by atoms with Crippen molar-refractivity contribution in [3.05, 3.63) is 69.6 Å². The van der Waals surface area contributed by atoms with Gasteiger partial charge in [-0.3, -0.25) is 9.69 Å². The van der Waals surface area contributed by atoms with Gasteiger partial charge in [-0.1, -0.05) is 47.7 Å². The lowest BCUT2D eigenvalue weighted by atomic mass is 10.2. The molecular weight excluding hydrogens is 442 g/mol. The molecule has 2 aliphatic rings. The summed E-state index contributed by atoms with van der Waals surface area (Å²) in [5.41, 5.74) is 1.23. The Morgan fingerprint density at radius 3 is 2.63 bits per heavy atom. The van der Waals surface area contributed by atoms with Crippen molar-refractivity contribution >= 4 is 57.9 Å². The van der Waals surface area contributed by atoms with E-state index < -0.39 is 5.97 Å². The van der Waals surface area contributed by atoms with Crippen molar-refractivity contribution in [3.63, 3.8) is 0 Å². The fourth-order valence-corrected chi connectivity index (χ4v) is 4.59. The molecule has 1 unspecified atom stereocenters. The Labute approximate surface area is 189 Å². The van der Waals surface area contributed by atoms with Gasteiger partial charge in [0.2, 0.25) is 0 Å². The average Bonchev–Trinajstić information content (AvgIpc) is 3.34. The van der Waals surface area contributed by atoms with Gasteiger partial charge in [-0.2, -0.15) is 0 Å². The van der Waals surface area contributed by atoms with Crippen molar-refractivity contribution < 1.29 is 19.1 Å². The molecule has 2 aromatic carbocycles. The van der Waals surface area contributed by atoms with E-state index in [1.165, 1.54) is 11.8 Å². The molecule has 154 valence electrons. The van der Waals surface area contributed by atoms with E-state index in [-0.39, 0.29) is 12.0 Å². The summed E-state index contributed by atoms with van der Waals surface area (Å²) in [6.45, 7) is 1.24. The SMILES string of the molecule is O=C(Oc1ccc(/C=C2\SC(=S)N(CC3CCCO3)C2=O)cc1)c1ccc(Cl)cc1. The van der Waals surface area contributed by atoms with Crippen LogP contribution >= 0.6 is 35.6 Å². The number of rotatable bonds is 5. The van der Waals surface area contributed by atoms with Crippen LogP contribution in [0.1, 0.15) is 28.8 Å². The molecule has 0 saturated carbocycles. The van der Waals surface area contributed by atoms with Gasteiger partial charge in [0.25, 0.3) is 5.91 Å². The third-order valence-corrected chi connectivity index (χ3v) is 6.38. The maximum Gasteiger partial charge on any atom is 0.343 e. The average molecular weight is 460 g/mol. The minimum atomic E-state index is -0.464. The van der Waals surface area contributed by atoms with Crippen LogP contribution in [-0.4, -0.2) is 40.4 Å². The zero-order valence-corrected chi connectivity index (χ0v) is 18.3. The zero-order chi connectivity index (χ0) is 21.1. The Morgan fingerprint density at radius 1 is 1.23 bits per heavy atom. The second-order valence-corrected chi connectivity index (χ2v) is 9.00. The Morgan fingerprint density at radius 2 is 1.97 bits per heavy atom. The first-order valence-corrected chi connectivity index (χ1v) is 11.0. The third kappa shape index (κ3) is 4.92. The van der Waals surface area contributed by atoms with Gasteiger partial charge in [-0.05, 0) is 60.9 Å². The quantitative estimate of drug-likeness (QED) is 0.273. The van der Waals surface area contributed by atoms with Crippen LogP contribution in [0.4, 0.5) is 0 Å². The number of ether oxygens (including phenoxy) is 2. The molecule has 0 N–H and O–H groups in total. The summed E-state index contributed by atoms with van der Waals surface area (Å²) in [5.74, 6) is -0.147. The smallest absolute Gasteiger partial charge is 0.343 e. The van der Waals surface area contributed by atoms with Gasteiger partial charge in [0.1, 0.15) is 10.1 Å². The van der Waals surface area contributed by atoms with E-state index in [2.05, 4.69) is 0 Å². The second-order valence-electron chi connectivity index (χ2n) is 6.89. The van der Waals surface area contributed by atoms with Crippen molar-refractivity contribution in [3.8, 4) is 5.75 Å². The highest BCUT2D eigenvalue weighted by atomic mass is 35.5. The number of hydrogen-bond donors (Lipinski definition) is 0. The topological polar surface area (TPSA) is 55.8 Å². The van der Waals surface area contributed by atoms with Gasteiger partial charge >= 0.3 is 5.97 Å². The Bertz CT molecular complexity index is 999. The number of benzene rings is 2. The molecule has 0 spiro atoms. The molecule has 30 heavy (non-hydrogen) atoms. The van der Waals surface area contributed by atoms with Gasteiger partial charge in [-0.15, -0.1) is 0 Å². The first-order chi connectivity index (χ1) is 14.5. The molecule has 2 fully saturated rings. The van der Waals surface area contributed by atoms with Crippen molar-refractivity contribution in [2.45, 2.75) is 18.9 Å². The van der Waals surface area contributed by atoms with Crippen LogP contribution in [0.5, 0.6) is 5.75 Å². The van der Waals surface area contributed by atoms with Crippen molar-refractivity contribution in [1.82, 2.24) is 4.90 Å². The summed E-state index contributed by atoms with van der Waals surface area (Å²) < 4.78 is 11.5. The van der Waals surface area contributed by atoms with E-state index in [1.807, 2.05) is 0 Å². The molecule has 2 aromatic rings. The van der Waals surface area contributed by atoms with Crippen LogP contribution < -0.4 is 4.74 Å². The minimum absolute atomic E-state index is 0.0569. The largest absolute Gasteiger partial charge is 0.423 e. The lowest BCUT2D eigenvalue weighted by Crippen LogP contribution is -2.35. The first-order valence-electron chi connectivity index (χ1n) is 9.44. The molecule has 1 amide bonds. The standard InChI is InChI=1S/C22H18ClNO4S2/c23-16-7-5-15(6-8-16)21(26)28-17-9-3-14(4-10-17)12-19-20(25)24(22(29)30-19)13-18-2-1-11-27-18/h3-10,12,18H,1-2,11,13H2/b19-12-. The van der Waals surface area contributed by atoms with Crippen LogP contribution in [0, 0.1) is 0 Å². The lowest BCUT2D eigenvalue weighted by molar-refractivity contribution is -0.123. The fourth-order valence-electron chi connectivity index (χ4n) is 3.18. The molecular formula is C22H18ClNO4S2. The first kappa shape index (κ1) is 21.1. The van der Waals surface area contributed by atoms with Crippen molar-refractivity contribution in [2.24, 2.45) is 0 Å². The van der Waals surface area contributed by atoms with Crippen LogP contribution in [0.15, 0.2) is 53.4 Å². The lowest BCUT2D eigenvalue weighted by Gasteiger charge is -2.18. The number of carbonyl (C=O) groups is 2. The highest BCUT2D eigenvalue weighted by Crippen LogP contribution is 2.33. The number of halogens is 1. The monoisotopic (exact) mass is 459 g/mol. The Hall–Kier alpha value is -2.19. The summed E-state index contributed by atoms with van der Waals surface area (Å²) in [4.78, 5) is 27.1. The molecule has 5 nitrogen and oxygen atoms in total. The summed E-state index contributed by atoms with van der Waals surface area (Å²) in [6, 6.07) is 13.4. The molecule has 0 aromatic heterocycles.